The summed E-state index contributed by atoms with van der Waals surface area (Å²) >= 11 is 12.3. The summed E-state index contributed by atoms with van der Waals surface area (Å²) in [5.41, 5.74) is -0.691. The van der Waals surface area contributed by atoms with Gasteiger partial charge in [-0.1, -0.05) is 35.3 Å². The third-order valence-corrected chi connectivity index (χ3v) is 4.43. The second-order valence-corrected chi connectivity index (χ2v) is 6.66. The third kappa shape index (κ3) is 4.25. The molecule has 0 aliphatic rings. The molecule has 1 aromatic heterocycles. The van der Waals surface area contributed by atoms with Crippen LogP contribution >= 0.6 is 23.2 Å². The Morgan fingerprint density at radius 3 is 2.50 bits per heavy atom. The molecule has 1 N–H and O–H groups in total. The van der Waals surface area contributed by atoms with E-state index in [1.54, 1.807) is 59.5 Å². The van der Waals surface area contributed by atoms with Gasteiger partial charge in [0.1, 0.15) is 29.8 Å². The Hall–Kier alpha value is -2.34. The van der Waals surface area contributed by atoms with Crippen LogP contribution in [0.5, 0.6) is 11.5 Å². The highest BCUT2D eigenvalue weighted by Gasteiger charge is 2.31. The van der Waals surface area contributed by atoms with Gasteiger partial charge in [-0.15, -0.1) is 6.58 Å². The molecule has 3 rings (SSSR count). The first-order valence-corrected chi connectivity index (χ1v) is 8.65. The van der Waals surface area contributed by atoms with Crippen molar-refractivity contribution in [3.8, 4) is 11.5 Å². The first-order valence-electron chi connectivity index (χ1n) is 7.89. The van der Waals surface area contributed by atoms with Crippen LogP contribution in [0.3, 0.4) is 0 Å². The van der Waals surface area contributed by atoms with Crippen molar-refractivity contribution in [1.29, 1.82) is 0 Å². The van der Waals surface area contributed by atoms with Crippen molar-refractivity contribution < 1.29 is 9.84 Å². The number of aromatic nitrogens is 3. The van der Waals surface area contributed by atoms with Gasteiger partial charge in [-0.05, 0) is 42.8 Å². The Morgan fingerprint density at radius 2 is 1.88 bits per heavy atom. The number of ether oxygens (including phenoxy) is 1. The number of hydrogen-bond donors (Lipinski definition) is 1. The summed E-state index contributed by atoms with van der Waals surface area (Å²) in [4.78, 5) is 3.90. The zero-order valence-corrected chi connectivity index (χ0v) is 15.4. The number of rotatable bonds is 7. The summed E-state index contributed by atoms with van der Waals surface area (Å²) in [6.45, 7) is 3.93. The molecule has 0 aliphatic heterocycles. The Kier molecular flexibility index (Phi) is 5.61. The third-order valence-electron chi connectivity index (χ3n) is 3.86. The molecule has 0 aliphatic carbocycles. The highest BCUT2D eigenvalue weighted by molar-refractivity contribution is 6.31. The van der Waals surface area contributed by atoms with Gasteiger partial charge in [0.2, 0.25) is 0 Å². The van der Waals surface area contributed by atoms with E-state index < -0.39 is 5.60 Å². The lowest BCUT2D eigenvalue weighted by Crippen LogP contribution is -2.31. The maximum atomic E-state index is 11.1. The van der Waals surface area contributed by atoms with Crippen LogP contribution < -0.4 is 4.74 Å². The van der Waals surface area contributed by atoms with Crippen molar-refractivity contribution in [1.82, 2.24) is 14.8 Å². The highest BCUT2D eigenvalue weighted by atomic mass is 35.5. The van der Waals surface area contributed by atoms with Gasteiger partial charge >= 0.3 is 0 Å². The van der Waals surface area contributed by atoms with Crippen molar-refractivity contribution >= 4 is 23.2 Å². The summed E-state index contributed by atoms with van der Waals surface area (Å²) in [6, 6.07) is 12.2. The molecule has 0 fully saturated rings. The van der Waals surface area contributed by atoms with Gasteiger partial charge in [-0.25, -0.2) is 9.67 Å². The maximum Gasteiger partial charge on any atom is 0.137 e. The molecule has 5 nitrogen and oxygen atoms in total. The first-order chi connectivity index (χ1) is 12.5. The molecule has 1 atom stereocenters. The van der Waals surface area contributed by atoms with E-state index in [2.05, 4.69) is 16.7 Å². The van der Waals surface area contributed by atoms with E-state index in [9.17, 15) is 5.11 Å². The van der Waals surface area contributed by atoms with E-state index in [0.717, 1.165) is 0 Å². The largest absolute Gasteiger partial charge is 0.457 e. The van der Waals surface area contributed by atoms with E-state index in [1.165, 1.54) is 6.33 Å². The molecule has 26 heavy (non-hydrogen) atoms. The maximum absolute atomic E-state index is 11.1. The molecule has 134 valence electrons. The SMILES string of the molecule is C=CCC(O)(Cn1cncn1)c1ccc(Oc2ccc(Cl)cc2)cc1Cl. The summed E-state index contributed by atoms with van der Waals surface area (Å²) in [5, 5.41) is 16.2. The van der Waals surface area contributed by atoms with Gasteiger partial charge in [0.15, 0.2) is 0 Å². The van der Waals surface area contributed by atoms with E-state index in [0.29, 0.717) is 33.5 Å². The molecule has 1 heterocycles. The minimum atomic E-state index is -1.26. The van der Waals surface area contributed by atoms with Gasteiger partial charge in [0.25, 0.3) is 0 Å². The molecule has 0 radical (unpaired) electrons. The molecule has 0 spiro atoms. The van der Waals surface area contributed by atoms with E-state index >= 15 is 0 Å². The molecular formula is C19H17Cl2N3O2. The minimum Gasteiger partial charge on any atom is -0.457 e. The molecular weight excluding hydrogens is 373 g/mol. The monoisotopic (exact) mass is 389 g/mol. The normalized spacial score (nSPS) is 13.2. The molecule has 0 saturated carbocycles. The van der Waals surface area contributed by atoms with Crippen molar-refractivity contribution in [2.75, 3.05) is 0 Å². The summed E-state index contributed by atoms with van der Waals surface area (Å²) < 4.78 is 7.33. The zero-order valence-electron chi connectivity index (χ0n) is 13.8. The fourth-order valence-corrected chi connectivity index (χ4v) is 3.13. The second kappa shape index (κ2) is 7.91. The average molecular weight is 390 g/mol. The number of halogens is 2. The molecule has 0 saturated heterocycles. The number of hydrogen-bond acceptors (Lipinski definition) is 4. The van der Waals surface area contributed by atoms with Crippen LogP contribution in [0.2, 0.25) is 10.0 Å². The lowest BCUT2D eigenvalue weighted by Gasteiger charge is -2.28. The van der Waals surface area contributed by atoms with Gasteiger partial charge in [0.05, 0.1) is 11.6 Å². The predicted octanol–water partition coefficient (Wildman–Crippen LogP) is 4.84. The standard InChI is InChI=1S/C19H17Cl2N3O2/c1-2-9-19(25,11-24-13-22-12-23-24)17-8-7-16(10-18(17)21)26-15-5-3-14(20)4-6-15/h2-8,10,12-13,25H,1,9,11H2. The summed E-state index contributed by atoms with van der Waals surface area (Å²) in [7, 11) is 0. The van der Waals surface area contributed by atoms with Crippen LogP contribution in [0, 0.1) is 0 Å². The van der Waals surface area contributed by atoms with Crippen LogP contribution in [0.1, 0.15) is 12.0 Å². The highest BCUT2D eigenvalue weighted by Crippen LogP contribution is 2.36. The predicted molar refractivity (Wildman–Crippen MR) is 102 cm³/mol. The van der Waals surface area contributed by atoms with Crippen molar-refractivity contribution in [3.05, 3.63) is 83.4 Å². The van der Waals surface area contributed by atoms with Gasteiger partial charge in [-0.2, -0.15) is 5.10 Å². The van der Waals surface area contributed by atoms with Gasteiger partial charge in [0, 0.05) is 10.6 Å². The zero-order chi connectivity index (χ0) is 18.6. The fraction of sp³-hybridized carbons (Fsp3) is 0.158. The molecule has 3 aromatic rings. The quantitative estimate of drug-likeness (QED) is 0.587. The van der Waals surface area contributed by atoms with Crippen LogP contribution in [-0.4, -0.2) is 19.9 Å². The van der Waals surface area contributed by atoms with Crippen molar-refractivity contribution in [3.63, 3.8) is 0 Å². The lowest BCUT2D eigenvalue weighted by molar-refractivity contribution is 0.0179. The number of benzene rings is 2. The molecule has 1 unspecified atom stereocenters. The minimum absolute atomic E-state index is 0.204. The Bertz CT molecular complexity index is 882. The van der Waals surface area contributed by atoms with E-state index in [1.807, 2.05) is 0 Å². The van der Waals surface area contributed by atoms with Gasteiger partial charge in [-0.3, -0.25) is 0 Å². The average Bonchev–Trinajstić information content (AvgIpc) is 3.10. The number of nitrogens with zero attached hydrogens (tertiary/aromatic N) is 3. The van der Waals surface area contributed by atoms with Crippen LogP contribution in [0.15, 0.2) is 67.8 Å². The molecule has 0 amide bonds. The smallest absolute Gasteiger partial charge is 0.137 e. The van der Waals surface area contributed by atoms with Crippen molar-refractivity contribution in [2.45, 2.75) is 18.6 Å². The van der Waals surface area contributed by atoms with Gasteiger partial charge < -0.3 is 9.84 Å². The Balaban J connectivity index is 1.86. The molecule has 7 heteroatoms. The Morgan fingerprint density at radius 1 is 1.15 bits per heavy atom. The number of aliphatic hydroxyl groups is 1. The van der Waals surface area contributed by atoms with Crippen LogP contribution in [0.25, 0.3) is 0 Å². The first kappa shape index (κ1) is 18.5. The van der Waals surface area contributed by atoms with Crippen LogP contribution in [0.4, 0.5) is 0 Å². The topological polar surface area (TPSA) is 60.2 Å². The summed E-state index contributed by atoms with van der Waals surface area (Å²) in [6.07, 6.45) is 4.91. The fourth-order valence-electron chi connectivity index (χ4n) is 2.66. The summed E-state index contributed by atoms with van der Waals surface area (Å²) in [5.74, 6) is 1.20. The van der Waals surface area contributed by atoms with Crippen LogP contribution in [-0.2, 0) is 12.1 Å². The molecule has 0 bridgehead atoms. The second-order valence-electron chi connectivity index (χ2n) is 5.82. The Labute approximate surface area is 161 Å². The van der Waals surface area contributed by atoms with E-state index in [4.69, 9.17) is 27.9 Å². The molecule has 2 aromatic carbocycles. The lowest BCUT2D eigenvalue weighted by atomic mass is 9.90. The van der Waals surface area contributed by atoms with Crippen molar-refractivity contribution in [2.24, 2.45) is 0 Å². The van der Waals surface area contributed by atoms with E-state index in [-0.39, 0.29) is 6.54 Å².